The molecule has 2 heterocycles. The van der Waals surface area contributed by atoms with Gasteiger partial charge in [-0.2, -0.15) is 0 Å². The number of allylic oxidation sites excluding steroid dienone is 1. The summed E-state index contributed by atoms with van der Waals surface area (Å²) in [4.78, 5) is 19.7. The molecule has 3 aromatic rings. The number of rotatable bonds is 4. The van der Waals surface area contributed by atoms with Crippen molar-refractivity contribution < 1.29 is 9.53 Å². The third kappa shape index (κ3) is 3.80. The van der Waals surface area contributed by atoms with E-state index in [9.17, 15) is 4.79 Å². The Balaban J connectivity index is 2.00. The first-order valence-corrected chi connectivity index (χ1v) is 8.60. The highest BCUT2D eigenvalue weighted by atomic mass is 16.6. The molecule has 0 bridgehead atoms. The van der Waals surface area contributed by atoms with Gasteiger partial charge in [0.25, 0.3) is 0 Å². The summed E-state index contributed by atoms with van der Waals surface area (Å²) >= 11 is 0. The van der Waals surface area contributed by atoms with Crippen LogP contribution in [0.15, 0.2) is 36.2 Å². The van der Waals surface area contributed by atoms with E-state index in [0.717, 1.165) is 27.5 Å². The molecule has 0 atom stereocenters. The summed E-state index contributed by atoms with van der Waals surface area (Å²) in [6, 6.07) is 7.53. The molecule has 0 fully saturated rings. The van der Waals surface area contributed by atoms with Gasteiger partial charge in [-0.05, 0) is 45.0 Å². The Kier molecular flexibility index (Phi) is 4.91. The fourth-order valence-corrected chi connectivity index (χ4v) is 3.05. The second-order valence-electron chi connectivity index (χ2n) is 6.73. The number of pyridine rings is 1. The predicted octanol–water partition coefficient (Wildman–Crippen LogP) is 3.13. The largest absolute Gasteiger partial charge is 0.447 e. The molecule has 0 radical (unpaired) electrons. The normalized spacial score (nSPS) is 12.4. The minimum absolute atomic E-state index is 0.182. The highest BCUT2D eigenvalue weighted by Gasteiger charge is 2.13. The Morgan fingerprint density at radius 1 is 1.30 bits per heavy atom. The molecule has 8 heteroatoms. The maximum absolute atomic E-state index is 11.8. The number of hydrogen-bond donors (Lipinski definition) is 4. The first-order chi connectivity index (χ1) is 12.8. The number of carbonyl (C=O) groups is 1. The molecule has 6 N–H and O–H groups in total. The minimum Gasteiger partial charge on any atom is -0.447 e. The van der Waals surface area contributed by atoms with Gasteiger partial charge in [0.05, 0.1) is 28.4 Å². The summed E-state index contributed by atoms with van der Waals surface area (Å²) in [7, 11) is 1.73. The number of aromatic amines is 1. The molecule has 0 saturated heterocycles. The van der Waals surface area contributed by atoms with Crippen LogP contribution in [0.1, 0.15) is 26.3 Å². The molecule has 27 heavy (non-hydrogen) atoms. The standard InChI is InChI=1S/C19H24N6O2/c1-10(2)27-19(26)23-13-5-6-14-15(8-13)24-16-7-12(9-22-17(14)16)18(11(3)20)25(4)21/h5-10,24H,20-21H2,1-4H3,(H,23,26)/b18-11-. The molecular formula is C19H24N6O2. The van der Waals surface area contributed by atoms with Crippen LogP contribution < -0.4 is 16.9 Å². The van der Waals surface area contributed by atoms with E-state index in [-0.39, 0.29) is 6.10 Å². The monoisotopic (exact) mass is 368 g/mol. The number of nitrogens with one attached hydrogen (secondary N) is 2. The number of hydrazine groups is 1. The number of nitrogens with two attached hydrogens (primary N) is 2. The first-order valence-electron chi connectivity index (χ1n) is 8.60. The van der Waals surface area contributed by atoms with Crippen molar-refractivity contribution in [1.29, 1.82) is 0 Å². The van der Waals surface area contributed by atoms with Crippen LogP contribution in [-0.4, -0.2) is 34.2 Å². The number of benzene rings is 1. The minimum atomic E-state index is -0.486. The van der Waals surface area contributed by atoms with Gasteiger partial charge in [-0.15, -0.1) is 0 Å². The Morgan fingerprint density at radius 2 is 2.04 bits per heavy atom. The summed E-state index contributed by atoms with van der Waals surface area (Å²) < 4.78 is 5.11. The summed E-state index contributed by atoms with van der Waals surface area (Å²) in [6.45, 7) is 5.39. The molecule has 0 aliphatic heterocycles. The number of amides is 1. The molecule has 0 saturated carbocycles. The van der Waals surface area contributed by atoms with E-state index < -0.39 is 6.09 Å². The van der Waals surface area contributed by atoms with Gasteiger partial charge in [0.15, 0.2) is 0 Å². The van der Waals surface area contributed by atoms with E-state index in [1.807, 2.05) is 24.3 Å². The molecule has 1 amide bonds. The Hall–Kier alpha value is -3.26. The van der Waals surface area contributed by atoms with Crippen LogP contribution in [0.5, 0.6) is 0 Å². The molecule has 0 unspecified atom stereocenters. The van der Waals surface area contributed by atoms with Crippen LogP contribution >= 0.6 is 0 Å². The maximum Gasteiger partial charge on any atom is 0.411 e. The molecule has 0 aliphatic carbocycles. The molecule has 2 aromatic heterocycles. The summed E-state index contributed by atoms with van der Waals surface area (Å²) in [5.41, 5.74) is 11.3. The van der Waals surface area contributed by atoms with Crippen LogP contribution in [0.3, 0.4) is 0 Å². The molecule has 0 spiro atoms. The van der Waals surface area contributed by atoms with Gasteiger partial charge in [0.1, 0.15) is 0 Å². The fourth-order valence-electron chi connectivity index (χ4n) is 3.05. The van der Waals surface area contributed by atoms with Gasteiger partial charge in [-0.25, -0.2) is 10.6 Å². The second kappa shape index (κ2) is 7.16. The quantitative estimate of drug-likeness (QED) is 0.414. The van der Waals surface area contributed by atoms with Crippen LogP contribution in [-0.2, 0) is 4.74 Å². The van der Waals surface area contributed by atoms with Gasteiger partial charge >= 0.3 is 6.09 Å². The van der Waals surface area contributed by atoms with Gasteiger partial charge < -0.3 is 20.5 Å². The van der Waals surface area contributed by atoms with E-state index >= 15 is 0 Å². The molecule has 0 aliphatic rings. The lowest BCUT2D eigenvalue weighted by molar-refractivity contribution is 0.130. The molecule has 3 rings (SSSR count). The third-order valence-corrected chi connectivity index (χ3v) is 4.02. The zero-order valence-corrected chi connectivity index (χ0v) is 15.8. The molecule has 142 valence electrons. The van der Waals surface area contributed by atoms with Crippen molar-refractivity contribution in [1.82, 2.24) is 15.0 Å². The Bertz CT molecular complexity index is 1030. The second-order valence-corrected chi connectivity index (χ2v) is 6.73. The lowest BCUT2D eigenvalue weighted by Gasteiger charge is -2.18. The topological polar surface area (TPSA) is 122 Å². The zero-order chi connectivity index (χ0) is 19.7. The number of nitrogens with zero attached hydrogens (tertiary/aromatic N) is 2. The van der Waals surface area contributed by atoms with Gasteiger partial charge in [-0.1, -0.05) is 0 Å². The molecule has 1 aromatic carbocycles. The van der Waals surface area contributed by atoms with Crippen LogP contribution in [0.4, 0.5) is 10.5 Å². The number of fused-ring (bicyclic) bond motifs is 3. The zero-order valence-electron chi connectivity index (χ0n) is 15.8. The van der Waals surface area contributed by atoms with Gasteiger partial charge in [0, 0.05) is 35.6 Å². The first kappa shape index (κ1) is 18.5. The Labute approximate surface area is 157 Å². The van der Waals surface area contributed by atoms with Gasteiger partial charge in [0.2, 0.25) is 0 Å². The van der Waals surface area contributed by atoms with Crippen molar-refractivity contribution in [2.24, 2.45) is 11.6 Å². The van der Waals surface area contributed by atoms with Crippen LogP contribution in [0.25, 0.3) is 27.6 Å². The number of ether oxygens (including phenoxy) is 1. The molecule has 8 nitrogen and oxygen atoms in total. The fraction of sp³-hybridized carbons (Fsp3) is 0.263. The highest BCUT2D eigenvalue weighted by molar-refractivity contribution is 6.06. The predicted molar refractivity (Wildman–Crippen MR) is 108 cm³/mol. The van der Waals surface area contributed by atoms with E-state index in [1.165, 1.54) is 5.01 Å². The lowest BCUT2D eigenvalue weighted by atomic mass is 10.1. The molecular weight excluding hydrogens is 344 g/mol. The van der Waals surface area contributed by atoms with Crippen molar-refractivity contribution in [2.45, 2.75) is 26.9 Å². The number of aromatic nitrogens is 2. The highest BCUT2D eigenvalue weighted by Crippen LogP contribution is 2.28. The smallest absolute Gasteiger partial charge is 0.411 e. The summed E-state index contributed by atoms with van der Waals surface area (Å²) in [6.07, 6.45) is 1.08. The van der Waals surface area contributed by atoms with E-state index in [0.29, 0.717) is 17.1 Å². The van der Waals surface area contributed by atoms with Crippen LogP contribution in [0.2, 0.25) is 0 Å². The third-order valence-electron chi connectivity index (χ3n) is 4.02. The van der Waals surface area contributed by atoms with Crippen molar-refractivity contribution in [2.75, 3.05) is 12.4 Å². The van der Waals surface area contributed by atoms with E-state index in [1.54, 1.807) is 34.0 Å². The van der Waals surface area contributed by atoms with Crippen molar-refractivity contribution in [3.05, 3.63) is 41.7 Å². The SMILES string of the molecule is C/C(N)=C(\c1cnc2c(c1)[nH]c1cc(NC(=O)OC(C)C)ccc12)N(C)N. The average Bonchev–Trinajstić information content (AvgIpc) is 2.89. The van der Waals surface area contributed by atoms with Crippen molar-refractivity contribution in [3.8, 4) is 0 Å². The van der Waals surface area contributed by atoms with Crippen LogP contribution in [0, 0.1) is 0 Å². The maximum atomic E-state index is 11.8. The van der Waals surface area contributed by atoms with Gasteiger partial charge in [-0.3, -0.25) is 10.3 Å². The van der Waals surface area contributed by atoms with Crippen molar-refractivity contribution in [3.63, 3.8) is 0 Å². The lowest BCUT2D eigenvalue weighted by Crippen LogP contribution is -2.26. The summed E-state index contributed by atoms with van der Waals surface area (Å²) in [5, 5.41) is 5.15. The average molecular weight is 368 g/mol. The number of carbonyl (C=O) groups excluding carboxylic acids is 1. The summed E-state index contributed by atoms with van der Waals surface area (Å²) in [5.74, 6) is 5.89. The van der Waals surface area contributed by atoms with E-state index in [2.05, 4.69) is 15.3 Å². The van der Waals surface area contributed by atoms with Crippen molar-refractivity contribution >= 4 is 39.4 Å². The number of H-pyrrole nitrogens is 1. The Morgan fingerprint density at radius 3 is 2.67 bits per heavy atom. The number of anilines is 1. The number of hydrogen-bond acceptors (Lipinski definition) is 6. The van der Waals surface area contributed by atoms with E-state index in [4.69, 9.17) is 16.3 Å².